The van der Waals surface area contributed by atoms with Crippen molar-refractivity contribution in [2.75, 3.05) is 0 Å². The fraction of sp³-hybridized carbons (Fsp3) is 0.133. The molecular formula is C30H24N4O4Pd. The van der Waals surface area contributed by atoms with Gasteiger partial charge in [-0.2, -0.15) is 0 Å². The average Bonchev–Trinajstić information content (AvgIpc) is 3.53. The zero-order valence-corrected chi connectivity index (χ0v) is 22.2. The summed E-state index contributed by atoms with van der Waals surface area (Å²) in [6, 6.07) is 20.2. The van der Waals surface area contributed by atoms with Crippen LogP contribution in [0, 0.1) is 0 Å². The molecular weight excluding hydrogens is 587 g/mol. The van der Waals surface area contributed by atoms with Crippen molar-refractivity contribution in [3.05, 3.63) is 107 Å². The summed E-state index contributed by atoms with van der Waals surface area (Å²) in [5, 5.41) is 25.6. The predicted octanol–water partition coefficient (Wildman–Crippen LogP) is 2.21. The van der Waals surface area contributed by atoms with Gasteiger partial charge >= 0.3 is 20.4 Å². The van der Waals surface area contributed by atoms with E-state index in [-0.39, 0.29) is 33.3 Å². The number of fused-ring (bicyclic) bond motifs is 2. The Morgan fingerprint density at radius 3 is 1.46 bits per heavy atom. The quantitative estimate of drug-likeness (QED) is 0.185. The van der Waals surface area contributed by atoms with Crippen LogP contribution in [-0.4, -0.2) is 46.4 Å². The molecule has 39 heavy (non-hydrogen) atoms. The van der Waals surface area contributed by atoms with Gasteiger partial charge in [0, 0.05) is 70.6 Å². The fourth-order valence-electron chi connectivity index (χ4n) is 4.50. The van der Waals surface area contributed by atoms with Crippen molar-refractivity contribution >= 4 is 46.2 Å². The zero-order chi connectivity index (χ0) is 26.5. The second-order valence-corrected chi connectivity index (χ2v) is 8.98. The van der Waals surface area contributed by atoms with E-state index < -0.39 is 24.0 Å². The van der Waals surface area contributed by atoms with E-state index in [9.17, 15) is 19.8 Å². The molecule has 0 radical (unpaired) electrons. The van der Waals surface area contributed by atoms with Gasteiger partial charge < -0.3 is 29.8 Å². The minimum atomic E-state index is -1.28. The Morgan fingerprint density at radius 2 is 1.05 bits per heavy atom. The van der Waals surface area contributed by atoms with Crippen LogP contribution < -0.4 is 10.2 Å². The Bertz CT molecular complexity index is 1550. The van der Waals surface area contributed by atoms with E-state index in [1.807, 2.05) is 48.5 Å². The van der Waals surface area contributed by atoms with Gasteiger partial charge in [0.15, 0.2) is 0 Å². The third kappa shape index (κ3) is 6.40. The molecule has 2 heterocycles. The number of aliphatic carboxylic acids is 2. The van der Waals surface area contributed by atoms with E-state index >= 15 is 0 Å². The molecule has 2 N–H and O–H groups in total. The van der Waals surface area contributed by atoms with Gasteiger partial charge in [0.05, 0.1) is 24.0 Å². The number of carbonyl (C=O) groups is 2. The van der Waals surface area contributed by atoms with Crippen LogP contribution in [0.4, 0.5) is 0 Å². The number of nitrogens with zero attached hydrogens (tertiary/aromatic N) is 2. The number of nitrogens with one attached hydrogen (secondary N) is 2. The van der Waals surface area contributed by atoms with Crippen molar-refractivity contribution in [1.82, 2.24) is 9.97 Å². The van der Waals surface area contributed by atoms with Crippen molar-refractivity contribution in [1.29, 1.82) is 0 Å². The molecule has 5 aromatic rings. The summed E-state index contributed by atoms with van der Waals surface area (Å²) >= 11 is 0. The molecule has 0 aliphatic heterocycles. The van der Waals surface area contributed by atoms with E-state index in [1.54, 1.807) is 36.7 Å². The number of carboxylic acid groups (broad SMARTS) is 2. The molecule has 5 rings (SSSR count). The Hall–Kier alpha value is -4.32. The van der Waals surface area contributed by atoms with Crippen molar-refractivity contribution < 1.29 is 40.2 Å². The molecule has 3 aromatic carbocycles. The maximum Gasteiger partial charge on any atom is 2.00 e. The first-order valence-electron chi connectivity index (χ1n) is 12.2. The number of aromatic nitrogens is 2. The van der Waals surface area contributed by atoms with Gasteiger partial charge in [-0.1, -0.05) is 60.7 Å². The Kier molecular flexibility index (Phi) is 8.87. The van der Waals surface area contributed by atoms with Crippen LogP contribution >= 0.6 is 0 Å². The molecule has 2 atom stereocenters. The molecule has 0 aliphatic rings. The average molecular weight is 611 g/mol. The third-order valence-electron chi connectivity index (χ3n) is 6.50. The number of para-hydroxylation sites is 2. The van der Waals surface area contributed by atoms with E-state index in [0.717, 1.165) is 32.9 Å². The minimum Gasteiger partial charge on any atom is -0.548 e. The standard InChI is InChI=1S/C30H26N4O4.Pd/c35-29(36)27(13-21-17-31-25-11-5-3-9-23(21)25)33-15-19-7-1-2-8-20(19)16-34-28(30(37)38)14-22-18-32-26-12-6-4-10-24(22)26;/h1-12,15-18,27-28,31-32H,13-14H2,(H,35,36)(H,37,38);/q;+2/p-2. The molecule has 0 bridgehead atoms. The van der Waals surface area contributed by atoms with Gasteiger partial charge in [-0.15, -0.1) is 0 Å². The minimum absolute atomic E-state index is 0. The maximum atomic E-state index is 11.9. The molecule has 2 aromatic heterocycles. The van der Waals surface area contributed by atoms with E-state index in [4.69, 9.17) is 0 Å². The second kappa shape index (κ2) is 12.5. The molecule has 9 heteroatoms. The second-order valence-electron chi connectivity index (χ2n) is 8.98. The molecule has 2 unspecified atom stereocenters. The summed E-state index contributed by atoms with van der Waals surface area (Å²) in [4.78, 5) is 38.6. The molecule has 0 saturated carbocycles. The smallest absolute Gasteiger partial charge is 0.548 e. The Labute approximate surface area is 238 Å². The summed E-state index contributed by atoms with van der Waals surface area (Å²) < 4.78 is 0. The number of carbonyl (C=O) groups excluding carboxylic acids is 2. The number of aliphatic imine (C=N–C) groups is 2. The van der Waals surface area contributed by atoms with E-state index in [1.165, 1.54) is 12.4 Å². The van der Waals surface area contributed by atoms with Crippen molar-refractivity contribution in [2.24, 2.45) is 9.98 Å². The number of rotatable bonds is 10. The van der Waals surface area contributed by atoms with Crippen molar-refractivity contribution in [2.45, 2.75) is 24.9 Å². The van der Waals surface area contributed by atoms with Gasteiger partial charge in [0.2, 0.25) is 0 Å². The monoisotopic (exact) mass is 610 g/mol. The first-order valence-corrected chi connectivity index (χ1v) is 12.2. The van der Waals surface area contributed by atoms with Crippen LogP contribution in [0.5, 0.6) is 0 Å². The topological polar surface area (TPSA) is 137 Å². The summed E-state index contributed by atoms with van der Waals surface area (Å²) in [5.41, 5.74) is 4.70. The number of hydrogen-bond acceptors (Lipinski definition) is 6. The predicted molar refractivity (Wildman–Crippen MR) is 143 cm³/mol. The summed E-state index contributed by atoms with van der Waals surface area (Å²) in [6.07, 6.45) is 6.82. The summed E-state index contributed by atoms with van der Waals surface area (Å²) in [5.74, 6) is -2.57. The van der Waals surface area contributed by atoms with E-state index in [2.05, 4.69) is 20.0 Å². The largest absolute Gasteiger partial charge is 2.00 e. The molecule has 0 amide bonds. The van der Waals surface area contributed by atoms with E-state index in [0.29, 0.717) is 11.1 Å². The fourth-order valence-corrected chi connectivity index (χ4v) is 4.50. The Morgan fingerprint density at radius 1 is 0.667 bits per heavy atom. The molecule has 8 nitrogen and oxygen atoms in total. The number of carboxylic acids is 2. The van der Waals surface area contributed by atoms with Gasteiger partial charge in [-0.3, -0.25) is 9.98 Å². The third-order valence-corrected chi connectivity index (χ3v) is 6.50. The normalized spacial score (nSPS) is 13.1. The van der Waals surface area contributed by atoms with Crippen LogP contribution in [0.1, 0.15) is 22.3 Å². The van der Waals surface area contributed by atoms with Gasteiger partial charge in [0.25, 0.3) is 0 Å². The van der Waals surface area contributed by atoms with Crippen LogP contribution in [0.25, 0.3) is 21.8 Å². The Balaban J connectivity index is 0.00000353. The van der Waals surface area contributed by atoms with Crippen molar-refractivity contribution in [3.63, 3.8) is 0 Å². The summed E-state index contributed by atoms with van der Waals surface area (Å²) in [7, 11) is 0. The molecule has 0 saturated heterocycles. The van der Waals surface area contributed by atoms with Crippen LogP contribution in [-0.2, 0) is 42.9 Å². The number of benzene rings is 3. The first-order chi connectivity index (χ1) is 18.5. The van der Waals surface area contributed by atoms with Crippen LogP contribution in [0.3, 0.4) is 0 Å². The zero-order valence-electron chi connectivity index (χ0n) is 20.7. The van der Waals surface area contributed by atoms with Gasteiger partial charge in [0.1, 0.15) is 0 Å². The van der Waals surface area contributed by atoms with Gasteiger partial charge in [-0.05, 0) is 23.3 Å². The number of aromatic amines is 2. The van der Waals surface area contributed by atoms with Crippen LogP contribution in [0.2, 0.25) is 0 Å². The molecule has 198 valence electrons. The van der Waals surface area contributed by atoms with Gasteiger partial charge in [-0.25, -0.2) is 0 Å². The SMILES string of the molecule is O=C([O-])C(Cc1c[nH]c2ccccc12)N=Cc1ccccc1C=NC(Cc1c[nH]c2ccccc12)C(=O)[O-].[Pd+2]. The first kappa shape index (κ1) is 27.7. The van der Waals surface area contributed by atoms with Crippen LogP contribution in [0.15, 0.2) is 95.2 Å². The number of hydrogen-bond donors (Lipinski definition) is 2. The number of H-pyrrole nitrogens is 2. The molecule has 0 fully saturated rings. The van der Waals surface area contributed by atoms with Crippen molar-refractivity contribution in [3.8, 4) is 0 Å². The summed E-state index contributed by atoms with van der Waals surface area (Å²) in [6.45, 7) is 0. The maximum absolute atomic E-state index is 11.9. The molecule has 0 spiro atoms. The molecule has 0 aliphatic carbocycles.